The van der Waals surface area contributed by atoms with Crippen LogP contribution in [0.2, 0.25) is 0 Å². The fourth-order valence-corrected chi connectivity index (χ4v) is 5.21. The summed E-state index contributed by atoms with van der Waals surface area (Å²) in [6.45, 7) is 0.406. The van der Waals surface area contributed by atoms with Gasteiger partial charge in [0.2, 0.25) is 12.3 Å². The zero-order valence-electron chi connectivity index (χ0n) is 19.2. The molecule has 1 N–H and O–H groups in total. The van der Waals surface area contributed by atoms with Crippen LogP contribution in [-0.2, 0) is 25.6 Å². The molecule has 1 aromatic heterocycles. The van der Waals surface area contributed by atoms with E-state index >= 15 is 0 Å². The van der Waals surface area contributed by atoms with E-state index in [1.807, 2.05) is 12.1 Å². The standard InChI is InChI=1S/C25H35N3O5/c29-18-27(33)17-21(15-20-5-1-2-6-20)25(32)28-14-4-9-23(28)24(31)16-22(30)8-3-7-19-10-12-26-13-11-19/h10-13,18,20-21,23,33H,1-9,14-17H2/t21-,23+/m1/s1. The molecule has 2 fully saturated rings. The number of ketones is 2. The number of pyridine rings is 1. The van der Waals surface area contributed by atoms with Crippen molar-refractivity contribution in [2.45, 2.75) is 76.7 Å². The first-order valence-electron chi connectivity index (χ1n) is 12.1. The van der Waals surface area contributed by atoms with E-state index < -0.39 is 12.0 Å². The first kappa shape index (κ1) is 25.0. The van der Waals surface area contributed by atoms with Gasteiger partial charge in [-0.25, -0.2) is 5.06 Å². The number of Topliss-reactive ketones (excluding diaryl/α,β-unsaturated/α-hetero) is 2. The number of likely N-dealkylation sites (tertiary alicyclic amines) is 1. The molecule has 2 amide bonds. The SMILES string of the molecule is O=CN(O)C[C@@H](CC1CCCC1)C(=O)N1CCC[C@H]1C(=O)CC(=O)CCCc1ccncc1. The van der Waals surface area contributed by atoms with E-state index in [-0.39, 0.29) is 30.4 Å². The summed E-state index contributed by atoms with van der Waals surface area (Å²) in [4.78, 5) is 55.2. The average Bonchev–Trinajstić information content (AvgIpc) is 3.51. The molecule has 1 aliphatic heterocycles. The molecule has 8 nitrogen and oxygen atoms in total. The minimum absolute atomic E-state index is 0.0653. The minimum atomic E-state index is -0.587. The van der Waals surface area contributed by atoms with Crippen molar-refractivity contribution in [1.29, 1.82) is 0 Å². The first-order valence-corrected chi connectivity index (χ1v) is 12.1. The number of carbonyl (C=O) groups excluding carboxylic acids is 4. The van der Waals surface area contributed by atoms with Crippen LogP contribution in [0.3, 0.4) is 0 Å². The Kier molecular flexibility index (Phi) is 9.54. The zero-order chi connectivity index (χ0) is 23.6. The van der Waals surface area contributed by atoms with Crippen molar-refractivity contribution in [3.8, 4) is 0 Å². The van der Waals surface area contributed by atoms with Crippen LogP contribution in [0.5, 0.6) is 0 Å². The molecule has 180 valence electrons. The fraction of sp³-hybridized carbons (Fsp3) is 0.640. The van der Waals surface area contributed by atoms with Crippen LogP contribution < -0.4 is 0 Å². The summed E-state index contributed by atoms with van der Waals surface area (Å²) in [5.41, 5.74) is 1.11. The van der Waals surface area contributed by atoms with Gasteiger partial charge in [-0.2, -0.15) is 0 Å². The summed E-state index contributed by atoms with van der Waals surface area (Å²) in [6.07, 6.45) is 11.6. The van der Waals surface area contributed by atoms with Crippen LogP contribution in [-0.4, -0.2) is 63.2 Å². The highest BCUT2D eigenvalue weighted by molar-refractivity contribution is 6.03. The second-order valence-electron chi connectivity index (χ2n) is 9.39. The molecule has 1 saturated heterocycles. The lowest BCUT2D eigenvalue weighted by molar-refractivity contribution is -0.158. The van der Waals surface area contributed by atoms with Crippen LogP contribution in [0, 0.1) is 11.8 Å². The Balaban J connectivity index is 1.54. The predicted molar refractivity (Wildman–Crippen MR) is 121 cm³/mol. The number of rotatable bonds is 13. The number of nitrogens with zero attached hydrogens (tertiary/aromatic N) is 3. The van der Waals surface area contributed by atoms with Gasteiger partial charge < -0.3 is 4.90 Å². The maximum absolute atomic E-state index is 13.3. The van der Waals surface area contributed by atoms with Gasteiger partial charge in [0.15, 0.2) is 5.78 Å². The maximum atomic E-state index is 13.3. The molecule has 0 bridgehead atoms. The van der Waals surface area contributed by atoms with E-state index in [9.17, 15) is 24.4 Å². The number of carbonyl (C=O) groups is 4. The summed E-state index contributed by atoms with van der Waals surface area (Å²) in [7, 11) is 0. The van der Waals surface area contributed by atoms with Gasteiger partial charge in [0.05, 0.1) is 24.9 Å². The number of aryl methyl sites for hydroxylation is 1. The van der Waals surface area contributed by atoms with Crippen molar-refractivity contribution in [1.82, 2.24) is 14.9 Å². The summed E-state index contributed by atoms with van der Waals surface area (Å²) >= 11 is 0. The molecule has 2 aliphatic rings. The van der Waals surface area contributed by atoms with Gasteiger partial charge in [0, 0.05) is 25.4 Å². The van der Waals surface area contributed by atoms with Crippen LogP contribution in [0.1, 0.15) is 69.8 Å². The van der Waals surface area contributed by atoms with Crippen molar-refractivity contribution >= 4 is 23.9 Å². The molecular weight excluding hydrogens is 422 g/mol. The average molecular weight is 458 g/mol. The third-order valence-corrected chi connectivity index (χ3v) is 6.92. The van der Waals surface area contributed by atoms with Crippen molar-refractivity contribution in [3.63, 3.8) is 0 Å². The van der Waals surface area contributed by atoms with Gasteiger partial charge in [0.1, 0.15) is 5.78 Å². The first-order chi connectivity index (χ1) is 16.0. The molecular formula is C25H35N3O5. The summed E-state index contributed by atoms with van der Waals surface area (Å²) in [5, 5.41) is 10.3. The fourth-order valence-electron chi connectivity index (χ4n) is 5.21. The Labute approximate surface area is 195 Å². The summed E-state index contributed by atoms with van der Waals surface area (Å²) < 4.78 is 0. The lowest BCUT2D eigenvalue weighted by Gasteiger charge is -2.30. The molecule has 33 heavy (non-hydrogen) atoms. The highest BCUT2D eigenvalue weighted by atomic mass is 16.5. The van der Waals surface area contributed by atoms with Crippen LogP contribution in [0.4, 0.5) is 0 Å². The molecule has 1 aliphatic carbocycles. The smallest absolute Gasteiger partial charge is 0.233 e. The number of hydrogen-bond acceptors (Lipinski definition) is 6. The highest BCUT2D eigenvalue weighted by Crippen LogP contribution is 2.32. The third-order valence-electron chi connectivity index (χ3n) is 6.92. The second-order valence-corrected chi connectivity index (χ2v) is 9.39. The molecule has 0 aromatic carbocycles. The lowest BCUT2D eigenvalue weighted by atomic mass is 9.91. The number of hydroxylamine groups is 2. The second kappa shape index (κ2) is 12.6. The number of aromatic nitrogens is 1. The van der Waals surface area contributed by atoms with Gasteiger partial charge in [-0.1, -0.05) is 25.7 Å². The van der Waals surface area contributed by atoms with Crippen molar-refractivity contribution in [2.75, 3.05) is 13.1 Å². The monoisotopic (exact) mass is 457 g/mol. The third kappa shape index (κ3) is 7.45. The van der Waals surface area contributed by atoms with Crippen molar-refractivity contribution in [3.05, 3.63) is 30.1 Å². The Morgan fingerprint density at radius 3 is 2.58 bits per heavy atom. The number of amides is 2. The van der Waals surface area contributed by atoms with E-state index in [1.54, 1.807) is 17.3 Å². The number of hydrogen-bond donors (Lipinski definition) is 1. The molecule has 2 atom stereocenters. The summed E-state index contributed by atoms with van der Waals surface area (Å²) in [5.74, 6) is -0.627. The molecule has 1 saturated carbocycles. The summed E-state index contributed by atoms with van der Waals surface area (Å²) in [6, 6.07) is 3.24. The van der Waals surface area contributed by atoms with Gasteiger partial charge >= 0.3 is 0 Å². The Hall–Kier alpha value is -2.61. The predicted octanol–water partition coefficient (Wildman–Crippen LogP) is 2.97. The Bertz CT molecular complexity index is 810. The molecule has 8 heteroatoms. The van der Waals surface area contributed by atoms with E-state index in [2.05, 4.69) is 4.98 Å². The van der Waals surface area contributed by atoms with Crippen LogP contribution in [0.15, 0.2) is 24.5 Å². The van der Waals surface area contributed by atoms with Crippen molar-refractivity contribution in [2.24, 2.45) is 11.8 Å². The van der Waals surface area contributed by atoms with Gasteiger partial charge in [-0.3, -0.25) is 29.4 Å². The zero-order valence-corrected chi connectivity index (χ0v) is 19.2. The van der Waals surface area contributed by atoms with E-state index in [1.165, 1.54) is 0 Å². The normalized spacial score (nSPS) is 19.4. The van der Waals surface area contributed by atoms with Gasteiger partial charge in [-0.15, -0.1) is 0 Å². The highest BCUT2D eigenvalue weighted by Gasteiger charge is 2.38. The Morgan fingerprint density at radius 1 is 1.15 bits per heavy atom. The maximum Gasteiger partial charge on any atom is 0.233 e. The van der Waals surface area contributed by atoms with Gasteiger partial charge in [0.25, 0.3) is 0 Å². The van der Waals surface area contributed by atoms with E-state index in [4.69, 9.17) is 0 Å². The van der Waals surface area contributed by atoms with Gasteiger partial charge in [-0.05, 0) is 55.7 Å². The molecule has 0 spiro atoms. The topological polar surface area (TPSA) is 108 Å². The molecule has 0 unspecified atom stereocenters. The van der Waals surface area contributed by atoms with Crippen LogP contribution in [0.25, 0.3) is 0 Å². The molecule has 3 rings (SSSR count). The van der Waals surface area contributed by atoms with Crippen LogP contribution >= 0.6 is 0 Å². The van der Waals surface area contributed by atoms with Crippen molar-refractivity contribution < 1.29 is 24.4 Å². The Morgan fingerprint density at radius 2 is 1.88 bits per heavy atom. The largest absolute Gasteiger partial charge is 0.332 e. The molecule has 1 aromatic rings. The van der Waals surface area contributed by atoms with E-state index in [0.29, 0.717) is 56.0 Å². The molecule has 0 radical (unpaired) electrons. The minimum Gasteiger partial charge on any atom is -0.332 e. The quantitative estimate of drug-likeness (QED) is 0.211. The van der Waals surface area contributed by atoms with E-state index in [0.717, 1.165) is 37.7 Å². The lowest BCUT2D eigenvalue weighted by Crippen LogP contribution is -2.46. The molecule has 2 heterocycles.